The molecule has 3 nitrogen and oxygen atoms in total. The van der Waals surface area contributed by atoms with Gasteiger partial charge >= 0.3 is 0 Å². The summed E-state index contributed by atoms with van der Waals surface area (Å²) in [6, 6.07) is 0. The van der Waals surface area contributed by atoms with Crippen LogP contribution in [0.5, 0.6) is 0 Å². The molecule has 5 rings (SSSR count). The Hall–Kier alpha value is -0.570. The highest BCUT2D eigenvalue weighted by Gasteiger charge is 2.53. The van der Waals surface area contributed by atoms with Crippen LogP contribution in [0.15, 0.2) is 0 Å². The van der Waals surface area contributed by atoms with E-state index in [0.29, 0.717) is 18.3 Å². The maximum absolute atomic E-state index is 12.7. The van der Waals surface area contributed by atoms with Crippen LogP contribution in [0.3, 0.4) is 0 Å². The van der Waals surface area contributed by atoms with Gasteiger partial charge in [0, 0.05) is 12.0 Å². The summed E-state index contributed by atoms with van der Waals surface area (Å²) in [5.41, 5.74) is 0.233. The molecular weight excluding hydrogens is 286 g/mol. The second kappa shape index (κ2) is 5.21. The molecule has 3 heteroatoms. The van der Waals surface area contributed by atoms with Gasteiger partial charge in [0.05, 0.1) is 6.10 Å². The minimum Gasteiger partial charge on any atom is -0.393 e. The number of aliphatic hydroxyl groups is 1. The van der Waals surface area contributed by atoms with Gasteiger partial charge in [-0.1, -0.05) is 13.8 Å². The Bertz CT molecular complexity index is 461. The van der Waals surface area contributed by atoms with Crippen LogP contribution in [0.25, 0.3) is 0 Å². The Balaban J connectivity index is 1.36. The van der Waals surface area contributed by atoms with Crippen molar-refractivity contribution >= 4 is 5.91 Å². The van der Waals surface area contributed by atoms with E-state index in [2.05, 4.69) is 19.2 Å². The maximum atomic E-state index is 12.7. The highest BCUT2D eigenvalue weighted by atomic mass is 16.3. The summed E-state index contributed by atoms with van der Waals surface area (Å²) in [4.78, 5) is 12.7. The van der Waals surface area contributed by atoms with Crippen LogP contribution in [0, 0.1) is 35.0 Å². The lowest BCUT2D eigenvalue weighted by Gasteiger charge is -2.57. The first-order valence-corrected chi connectivity index (χ1v) is 9.76. The molecular formula is C20H33NO2. The molecule has 5 aliphatic rings. The van der Waals surface area contributed by atoms with Crippen molar-refractivity contribution in [3.8, 4) is 0 Å². The molecule has 3 unspecified atom stereocenters. The van der Waals surface area contributed by atoms with E-state index in [4.69, 9.17) is 0 Å². The number of carbonyl (C=O) groups is 1. The van der Waals surface area contributed by atoms with Gasteiger partial charge < -0.3 is 10.4 Å². The van der Waals surface area contributed by atoms with Crippen molar-refractivity contribution in [2.75, 3.05) is 0 Å². The van der Waals surface area contributed by atoms with E-state index < -0.39 is 0 Å². The van der Waals surface area contributed by atoms with E-state index in [0.717, 1.165) is 24.2 Å². The molecule has 4 bridgehead atoms. The predicted molar refractivity (Wildman–Crippen MR) is 90.7 cm³/mol. The lowest BCUT2D eigenvalue weighted by Crippen LogP contribution is -2.60. The van der Waals surface area contributed by atoms with Crippen LogP contribution in [-0.2, 0) is 4.79 Å². The van der Waals surface area contributed by atoms with E-state index in [1.54, 1.807) is 0 Å². The van der Waals surface area contributed by atoms with Crippen LogP contribution >= 0.6 is 0 Å². The Morgan fingerprint density at radius 3 is 2.04 bits per heavy atom. The molecule has 0 heterocycles. The Kier molecular flexibility index (Phi) is 3.61. The van der Waals surface area contributed by atoms with E-state index in [-0.39, 0.29) is 23.0 Å². The molecule has 5 fully saturated rings. The molecule has 0 spiro atoms. The van der Waals surface area contributed by atoms with Crippen molar-refractivity contribution in [2.24, 2.45) is 35.0 Å². The Labute approximate surface area is 140 Å². The largest absolute Gasteiger partial charge is 0.393 e. The predicted octanol–water partition coefficient (Wildman–Crippen LogP) is 3.50. The number of aliphatic hydroxyl groups excluding tert-OH is 1. The van der Waals surface area contributed by atoms with E-state index in [9.17, 15) is 9.90 Å². The molecule has 0 saturated heterocycles. The number of rotatable bonds is 4. The van der Waals surface area contributed by atoms with Gasteiger partial charge in [-0.15, -0.1) is 0 Å². The van der Waals surface area contributed by atoms with Gasteiger partial charge in [0.25, 0.3) is 0 Å². The first kappa shape index (κ1) is 15.9. The topological polar surface area (TPSA) is 49.3 Å². The quantitative estimate of drug-likeness (QED) is 0.833. The lowest BCUT2D eigenvalue weighted by atomic mass is 9.51. The zero-order valence-corrected chi connectivity index (χ0v) is 15.0. The van der Waals surface area contributed by atoms with Gasteiger partial charge in [-0.05, 0) is 86.9 Å². The molecule has 130 valence electrons. The van der Waals surface area contributed by atoms with Crippen molar-refractivity contribution in [3.05, 3.63) is 0 Å². The summed E-state index contributed by atoms with van der Waals surface area (Å²) < 4.78 is 0. The van der Waals surface area contributed by atoms with Crippen molar-refractivity contribution in [3.63, 3.8) is 0 Å². The zero-order valence-electron chi connectivity index (χ0n) is 15.0. The molecule has 0 aromatic heterocycles. The normalized spacial score (nSPS) is 47.9. The first-order valence-electron chi connectivity index (χ1n) is 9.76. The van der Waals surface area contributed by atoms with Crippen molar-refractivity contribution in [1.29, 1.82) is 0 Å². The molecule has 0 radical (unpaired) electrons. The van der Waals surface area contributed by atoms with E-state index >= 15 is 0 Å². The van der Waals surface area contributed by atoms with Gasteiger partial charge in [-0.25, -0.2) is 0 Å². The average Bonchev–Trinajstić information content (AvgIpc) is 2.40. The monoisotopic (exact) mass is 319 g/mol. The number of amides is 1. The fourth-order valence-corrected chi connectivity index (χ4v) is 7.06. The standard InChI is InChI=1S/C20H33NO2/c1-12(22)17-7-16(19(17,2)3)8-18(23)21-20-9-13-4-14(10-20)6-15(5-13)11-20/h12-17,22H,4-11H2,1-3H3,(H,21,23). The molecule has 0 aromatic rings. The summed E-state index contributed by atoms with van der Waals surface area (Å²) in [5, 5.41) is 13.4. The third-order valence-corrected chi connectivity index (χ3v) is 8.00. The lowest BCUT2D eigenvalue weighted by molar-refractivity contribution is -0.137. The van der Waals surface area contributed by atoms with E-state index in [1.807, 2.05) is 6.92 Å². The molecule has 23 heavy (non-hydrogen) atoms. The summed E-state index contributed by atoms with van der Waals surface area (Å²) in [5.74, 6) is 3.67. The number of hydrogen-bond donors (Lipinski definition) is 2. The summed E-state index contributed by atoms with van der Waals surface area (Å²) in [6.45, 7) is 6.32. The van der Waals surface area contributed by atoms with E-state index in [1.165, 1.54) is 38.5 Å². The van der Waals surface area contributed by atoms with Crippen LogP contribution < -0.4 is 5.32 Å². The number of nitrogens with one attached hydrogen (secondary N) is 1. The zero-order chi connectivity index (χ0) is 16.4. The average molecular weight is 319 g/mol. The van der Waals surface area contributed by atoms with Crippen molar-refractivity contribution < 1.29 is 9.90 Å². The highest BCUT2D eigenvalue weighted by Crippen LogP contribution is 2.56. The summed E-state index contributed by atoms with van der Waals surface area (Å²) in [6.07, 6.45) is 9.34. The SMILES string of the molecule is CC(O)C1CC(CC(=O)NC23CC4CC(CC(C4)C2)C3)C1(C)C. The minimum absolute atomic E-state index is 0.0903. The second-order valence-electron chi connectivity index (χ2n) is 10.1. The van der Waals surface area contributed by atoms with Crippen LogP contribution in [0.2, 0.25) is 0 Å². The van der Waals surface area contributed by atoms with Crippen LogP contribution in [0.1, 0.15) is 72.1 Å². The van der Waals surface area contributed by atoms with Crippen LogP contribution in [0.4, 0.5) is 0 Å². The minimum atomic E-state index is -0.257. The summed E-state index contributed by atoms with van der Waals surface area (Å²) >= 11 is 0. The number of carbonyl (C=O) groups excluding carboxylic acids is 1. The molecule has 1 amide bonds. The Morgan fingerprint density at radius 1 is 1.09 bits per heavy atom. The molecule has 5 aliphatic carbocycles. The van der Waals surface area contributed by atoms with Gasteiger partial charge in [0.2, 0.25) is 5.91 Å². The smallest absolute Gasteiger partial charge is 0.220 e. The number of hydrogen-bond acceptors (Lipinski definition) is 2. The summed E-state index contributed by atoms with van der Waals surface area (Å²) in [7, 11) is 0. The third kappa shape index (κ3) is 2.63. The fraction of sp³-hybridized carbons (Fsp3) is 0.950. The maximum Gasteiger partial charge on any atom is 0.220 e. The molecule has 0 aliphatic heterocycles. The molecule has 5 saturated carbocycles. The van der Waals surface area contributed by atoms with Gasteiger partial charge in [-0.2, -0.15) is 0 Å². The second-order valence-corrected chi connectivity index (χ2v) is 10.1. The van der Waals surface area contributed by atoms with Crippen molar-refractivity contribution in [2.45, 2.75) is 83.8 Å². The molecule has 2 N–H and O–H groups in total. The van der Waals surface area contributed by atoms with Gasteiger partial charge in [0.15, 0.2) is 0 Å². The Morgan fingerprint density at radius 2 is 1.61 bits per heavy atom. The fourth-order valence-electron chi connectivity index (χ4n) is 7.06. The van der Waals surface area contributed by atoms with Crippen LogP contribution in [-0.4, -0.2) is 22.7 Å². The molecule has 0 aromatic carbocycles. The van der Waals surface area contributed by atoms with Gasteiger partial charge in [-0.3, -0.25) is 4.79 Å². The first-order chi connectivity index (χ1) is 10.8. The molecule has 3 atom stereocenters. The van der Waals surface area contributed by atoms with Gasteiger partial charge in [0.1, 0.15) is 0 Å². The van der Waals surface area contributed by atoms with Crippen molar-refractivity contribution in [1.82, 2.24) is 5.32 Å². The highest BCUT2D eigenvalue weighted by molar-refractivity contribution is 5.77. The third-order valence-electron chi connectivity index (χ3n) is 8.00.